The first-order valence-electron chi connectivity index (χ1n) is 4.69. The molecular weight excluding hydrogens is 330 g/mol. The number of alkyl halides is 2. The molecule has 5 heteroatoms. The smallest absolute Gasteiger partial charge is 0.244 e. The summed E-state index contributed by atoms with van der Waals surface area (Å²) < 4.78 is 42.3. The van der Waals surface area contributed by atoms with E-state index in [2.05, 4.69) is 4.99 Å². The number of hydrogen-bond donors (Lipinski definition) is 0. The average Bonchev–Trinajstić information content (AvgIpc) is 2.14. The lowest BCUT2D eigenvalue weighted by atomic mass is 9.85. The van der Waals surface area contributed by atoms with Crippen LogP contribution in [0.1, 0.15) is 25.0 Å². The Labute approximate surface area is 105 Å². The lowest BCUT2D eigenvalue weighted by Crippen LogP contribution is -2.43. The third-order valence-electron chi connectivity index (χ3n) is 2.69. The zero-order valence-electron chi connectivity index (χ0n) is 8.69. The number of benzene rings is 1. The van der Waals surface area contributed by atoms with Crippen molar-refractivity contribution in [2.45, 2.75) is 25.3 Å². The van der Waals surface area contributed by atoms with Gasteiger partial charge in [0, 0.05) is 14.7 Å². The van der Waals surface area contributed by atoms with Crippen molar-refractivity contribution in [2.75, 3.05) is 0 Å². The zero-order valence-corrected chi connectivity index (χ0v) is 10.8. The van der Waals surface area contributed by atoms with Crippen molar-refractivity contribution in [3.63, 3.8) is 0 Å². The van der Waals surface area contributed by atoms with Gasteiger partial charge in [-0.3, -0.25) is 0 Å². The van der Waals surface area contributed by atoms with Gasteiger partial charge in [-0.2, -0.15) is 13.2 Å². The standard InChI is InChI=1S/C11H9F3IN/c1-10(2)11(13,14)8-5-6(15)3-4-7(8)9(12)16-10/h3-5H,1-2H3. The Morgan fingerprint density at radius 1 is 1.25 bits per heavy atom. The maximum absolute atomic E-state index is 14.1. The Hall–Kier alpha value is -0.590. The van der Waals surface area contributed by atoms with Gasteiger partial charge in [0.25, 0.3) is 5.92 Å². The highest BCUT2D eigenvalue weighted by molar-refractivity contribution is 14.1. The molecule has 0 saturated carbocycles. The molecule has 86 valence electrons. The molecule has 0 unspecified atom stereocenters. The summed E-state index contributed by atoms with van der Waals surface area (Å²) in [5, 5.41) is 0. The van der Waals surface area contributed by atoms with Crippen molar-refractivity contribution in [1.29, 1.82) is 0 Å². The number of hydrogen-bond acceptors (Lipinski definition) is 1. The molecule has 0 N–H and O–H groups in total. The van der Waals surface area contributed by atoms with Crippen LogP contribution in [0.3, 0.4) is 0 Å². The fraction of sp³-hybridized carbons (Fsp3) is 0.364. The van der Waals surface area contributed by atoms with Gasteiger partial charge in [-0.1, -0.05) is 0 Å². The van der Waals surface area contributed by atoms with Crippen LogP contribution in [0.2, 0.25) is 0 Å². The minimum Gasteiger partial charge on any atom is -0.244 e. The molecule has 0 aliphatic carbocycles. The monoisotopic (exact) mass is 339 g/mol. The fourth-order valence-electron chi connectivity index (χ4n) is 1.66. The first kappa shape index (κ1) is 11.9. The van der Waals surface area contributed by atoms with Crippen molar-refractivity contribution >= 4 is 28.6 Å². The molecule has 0 aromatic heterocycles. The van der Waals surface area contributed by atoms with Gasteiger partial charge in [-0.05, 0) is 54.6 Å². The van der Waals surface area contributed by atoms with Crippen LogP contribution in [0.25, 0.3) is 0 Å². The minimum atomic E-state index is -3.15. The van der Waals surface area contributed by atoms with E-state index in [4.69, 9.17) is 0 Å². The highest BCUT2D eigenvalue weighted by Gasteiger charge is 2.53. The number of fused-ring (bicyclic) bond motifs is 1. The molecular formula is C11H9F3IN. The van der Waals surface area contributed by atoms with Crippen LogP contribution in [0.5, 0.6) is 0 Å². The maximum atomic E-state index is 14.1. The van der Waals surface area contributed by atoms with E-state index in [1.54, 1.807) is 6.07 Å². The first-order valence-corrected chi connectivity index (χ1v) is 5.77. The van der Waals surface area contributed by atoms with Gasteiger partial charge >= 0.3 is 0 Å². The molecule has 1 nitrogen and oxygen atoms in total. The lowest BCUT2D eigenvalue weighted by Gasteiger charge is -2.35. The van der Waals surface area contributed by atoms with Gasteiger partial charge < -0.3 is 0 Å². The third kappa shape index (κ3) is 1.56. The van der Waals surface area contributed by atoms with Crippen molar-refractivity contribution in [2.24, 2.45) is 4.99 Å². The van der Waals surface area contributed by atoms with Crippen molar-refractivity contribution < 1.29 is 13.2 Å². The molecule has 0 atom stereocenters. The molecule has 2 rings (SSSR count). The van der Waals surface area contributed by atoms with Crippen LogP contribution in [-0.2, 0) is 5.92 Å². The molecule has 0 fully saturated rings. The summed E-state index contributed by atoms with van der Waals surface area (Å²) in [4.78, 5) is 3.44. The summed E-state index contributed by atoms with van der Waals surface area (Å²) in [5.41, 5.74) is -2.13. The molecule has 1 heterocycles. The van der Waals surface area contributed by atoms with E-state index >= 15 is 0 Å². The predicted molar refractivity (Wildman–Crippen MR) is 64.8 cm³/mol. The zero-order chi connectivity index (χ0) is 12.1. The summed E-state index contributed by atoms with van der Waals surface area (Å²) in [6.45, 7) is 2.46. The van der Waals surface area contributed by atoms with Crippen LogP contribution < -0.4 is 0 Å². The van der Waals surface area contributed by atoms with Gasteiger partial charge in [-0.15, -0.1) is 0 Å². The second-order valence-electron chi connectivity index (χ2n) is 4.23. The van der Waals surface area contributed by atoms with E-state index in [1.807, 2.05) is 22.6 Å². The van der Waals surface area contributed by atoms with Crippen molar-refractivity contribution in [1.82, 2.24) is 0 Å². The van der Waals surface area contributed by atoms with E-state index in [0.717, 1.165) is 0 Å². The number of halogens is 4. The number of rotatable bonds is 0. The van der Waals surface area contributed by atoms with Crippen molar-refractivity contribution in [3.05, 3.63) is 32.9 Å². The van der Waals surface area contributed by atoms with E-state index in [-0.39, 0.29) is 11.1 Å². The van der Waals surface area contributed by atoms with E-state index < -0.39 is 17.4 Å². The topological polar surface area (TPSA) is 12.4 Å². The van der Waals surface area contributed by atoms with Gasteiger partial charge in [0.1, 0.15) is 5.54 Å². The highest BCUT2D eigenvalue weighted by Crippen LogP contribution is 2.46. The molecule has 1 aliphatic rings. The molecule has 1 aromatic rings. The summed E-state index contributed by atoms with van der Waals surface area (Å²) >= 11 is 1.93. The molecule has 1 aliphatic heterocycles. The number of nitrogens with zero attached hydrogens (tertiary/aromatic N) is 1. The molecule has 1 aromatic carbocycles. The Kier molecular flexibility index (Phi) is 2.56. The lowest BCUT2D eigenvalue weighted by molar-refractivity contribution is -0.0689. The van der Waals surface area contributed by atoms with Crippen LogP contribution in [0.4, 0.5) is 13.2 Å². The second kappa shape index (κ2) is 3.45. The van der Waals surface area contributed by atoms with Gasteiger partial charge in [0.2, 0.25) is 5.97 Å². The molecule has 0 radical (unpaired) electrons. The van der Waals surface area contributed by atoms with Crippen LogP contribution in [0.15, 0.2) is 23.2 Å². The Bertz CT molecular complexity index is 480. The Balaban J connectivity index is 2.75. The van der Waals surface area contributed by atoms with Crippen LogP contribution >= 0.6 is 22.6 Å². The van der Waals surface area contributed by atoms with Crippen LogP contribution in [0, 0.1) is 3.57 Å². The van der Waals surface area contributed by atoms with E-state index in [0.29, 0.717) is 3.57 Å². The number of aliphatic imine (C=N–C) groups is 1. The SMILES string of the molecule is CC1(C)N=C(F)c2ccc(I)cc2C1(F)F. The molecule has 0 spiro atoms. The highest BCUT2D eigenvalue weighted by atomic mass is 127. The summed E-state index contributed by atoms with van der Waals surface area (Å²) in [6.07, 6.45) is 0. The maximum Gasteiger partial charge on any atom is 0.298 e. The normalized spacial score (nSPS) is 21.2. The minimum absolute atomic E-state index is 0.107. The summed E-state index contributed by atoms with van der Waals surface area (Å²) in [5.74, 6) is -3.97. The molecule has 16 heavy (non-hydrogen) atoms. The van der Waals surface area contributed by atoms with E-state index in [1.165, 1.54) is 26.0 Å². The largest absolute Gasteiger partial charge is 0.298 e. The first-order chi connectivity index (χ1) is 7.25. The van der Waals surface area contributed by atoms with Crippen LogP contribution in [-0.4, -0.2) is 11.5 Å². The second-order valence-corrected chi connectivity index (χ2v) is 5.47. The molecule has 0 saturated heterocycles. The Morgan fingerprint density at radius 3 is 2.50 bits per heavy atom. The predicted octanol–water partition coefficient (Wildman–Crippen LogP) is 3.89. The molecule has 0 amide bonds. The van der Waals surface area contributed by atoms with Crippen molar-refractivity contribution in [3.8, 4) is 0 Å². The summed E-state index contributed by atoms with van der Waals surface area (Å²) in [7, 11) is 0. The van der Waals surface area contributed by atoms with E-state index in [9.17, 15) is 13.2 Å². The molecule has 0 bridgehead atoms. The average molecular weight is 339 g/mol. The fourth-order valence-corrected chi connectivity index (χ4v) is 2.15. The van der Waals surface area contributed by atoms with Gasteiger partial charge in [0.15, 0.2) is 0 Å². The van der Waals surface area contributed by atoms with Gasteiger partial charge in [-0.25, -0.2) is 4.99 Å². The Morgan fingerprint density at radius 2 is 1.88 bits per heavy atom. The summed E-state index contributed by atoms with van der Waals surface area (Å²) in [6, 6.07) is 4.24. The van der Waals surface area contributed by atoms with Gasteiger partial charge in [0.05, 0.1) is 0 Å². The quantitative estimate of drug-likeness (QED) is 0.636. The third-order valence-corrected chi connectivity index (χ3v) is 3.36.